The van der Waals surface area contributed by atoms with Gasteiger partial charge in [0.15, 0.2) is 0 Å². The average Bonchev–Trinajstić information content (AvgIpc) is 2.79. The summed E-state index contributed by atoms with van der Waals surface area (Å²) >= 11 is 0. The van der Waals surface area contributed by atoms with Crippen LogP contribution >= 0.6 is 0 Å². The van der Waals surface area contributed by atoms with Gasteiger partial charge in [0.2, 0.25) is 0 Å². The van der Waals surface area contributed by atoms with Crippen molar-refractivity contribution in [3.8, 4) is 5.75 Å². The molecule has 1 heterocycles. The van der Waals surface area contributed by atoms with Gasteiger partial charge in [-0.15, -0.1) is 0 Å². The number of carbonyl (C=O) groups is 1. The molecule has 0 unspecified atom stereocenters. The molecular weight excluding hydrogens is 556 g/mol. The van der Waals surface area contributed by atoms with Gasteiger partial charge >= 0.3 is 6.18 Å². The van der Waals surface area contributed by atoms with E-state index >= 15 is 0 Å². The number of nitrogens with zero attached hydrogens (tertiary/aromatic N) is 1. The minimum absolute atomic E-state index is 0. The molecular formula is C26H30F3IN2O2. The van der Waals surface area contributed by atoms with E-state index in [0.29, 0.717) is 11.7 Å². The van der Waals surface area contributed by atoms with E-state index in [4.69, 9.17) is 4.74 Å². The minimum atomic E-state index is -4.52. The number of quaternary nitrogens is 1. The first kappa shape index (κ1) is 26.5. The van der Waals surface area contributed by atoms with Gasteiger partial charge in [0.25, 0.3) is 5.91 Å². The summed E-state index contributed by atoms with van der Waals surface area (Å²) in [5.41, 5.74) is 1.01. The van der Waals surface area contributed by atoms with Crippen molar-refractivity contribution in [1.82, 2.24) is 0 Å². The summed E-state index contributed by atoms with van der Waals surface area (Å²) < 4.78 is 46.4. The van der Waals surface area contributed by atoms with Gasteiger partial charge in [0, 0.05) is 16.8 Å². The molecule has 1 fully saturated rings. The van der Waals surface area contributed by atoms with E-state index in [0.717, 1.165) is 17.1 Å². The van der Waals surface area contributed by atoms with Crippen molar-refractivity contribution >= 4 is 17.7 Å². The van der Waals surface area contributed by atoms with E-state index in [1.807, 2.05) is 24.3 Å². The number of ether oxygens (including phenoxy) is 1. The van der Waals surface area contributed by atoms with Crippen molar-refractivity contribution in [2.75, 3.05) is 26.0 Å². The standard InChI is InChI=1S/C26H29F3N2O2.HI/c1-31(2,21-7-4-3-5-8-21)16-18-11-13-20(14-12-18)30-25(32)19-15-22-23(26(27,28)29)9-6-10-24(22)33-17-19;/h6,9-15,21H,3-5,7-8,16-17H2,1-2H3;1H. The van der Waals surface area contributed by atoms with E-state index < -0.39 is 17.6 Å². The second-order valence-corrected chi connectivity index (χ2v) is 9.55. The molecule has 0 radical (unpaired) electrons. The molecule has 0 spiro atoms. The summed E-state index contributed by atoms with van der Waals surface area (Å²) in [6, 6.07) is 12.1. The zero-order valence-corrected chi connectivity index (χ0v) is 21.6. The number of amides is 1. The molecule has 2 aromatic carbocycles. The summed E-state index contributed by atoms with van der Waals surface area (Å²) in [5.74, 6) is -0.340. The van der Waals surface area contributed by atoms with Crippen molar-refractivity contribution in [1.29, 1.82) is 0 Å². The quantitative estimate of drug-likeness (QED) is 0.433. The van der Waals surface area contributed by atoms with Crippen molar-refractivity contribution in [3.63, 3.8) is 0 Å². The predicted octanol–water partition coefficient (Wildman–Crippen LogP) is 3.03. The molecule has 0 bridgehead atoms. The van der Waals surface area contributed by atoms with Gasteiger partial charge in [-0.1, -0.05) is 24.6 Å². The van der Waals surface area contributed by atoms with E-state index in [1.165, 1.54) is 55.9 Å². The number of rotatable bonds is 5. The molecule has 8 heteroatoms. The maximum Gasteiger partial charge on any atom is 0.417 e. The zero-order valence-electron chi connectivity index (χ0n) is 19.4. The monoisotopic (exact) mass is 586 g/mol. The Bertz CT molecular complexity index is 1040. The number of anilines is 1. The Morgan fingerprint density at radius 1 is 1.06 bits per heavy atom. The van der Waals surface area contributed by atoms with Crippen LogP contribution in [0.5, 0.6) is 5.75 Å². The third kappa shape index (κ3) is 6.13. The lowest BCUT2D eigenvalue weighted by molar-refractivity contribution is -0.929. The van der Waals surface area contributed by atoms with E-state index in [1.54, 1.807) is 0 Å². The summed E-state index contributed by atoms with van der Waals surface area (Å²) in [6.07, 6.45) is 3.20. The maximum atomic E-state index is 13.3. The lowest BCUT2D eigenvalue weighted by Crippen LogP contribution is -3.00. The second kappa shape index (κ2) is 10.7. The Kier molecular flexibility index (Phi) is 8.34. The number of nitrogens with one attached hydrogen (secondary N) is 1. The number of alkyl halides is 3. The second-order valence-electron chi connectivity index (χ2n) is 9.55. The van der Waals surface area contributed by atoms with Gasteiger partial charge in [0.1, 0.15) is 18.9 Å². The summed E-state index contributed by atoms with van der Waals surface area (Å²) in [6.45, 7) is 0.834. The number of benzene rings is 2. The normalized spacial score (nSPS) is 16.6. The smallest absolute Gasteiger partial charge is 0.417 e. The van der Waals surface area contributed by atoms with E-state index in [9.17, 15) is 18.0 Å². The highest BCUT2D eigenvalue weighted by molar-refractivity contribution is 6.07. The Hall–Kier alpha value is -2.07. The first-order valence-electron chi connectivity index (χ1n) is 11.4. The van der Waals surface area contributed by atoms with Crippen LogP contribution in [0.1, 0.15) is 48.8 Å². The number of halogens is 4. The molecule has 1 amide bonds. The van der Waals surface area contributed by atoms with Gasteiger partial charge in [0.05, 0.1) is 31.3 Å². The fraction of sp³-hybridized carbons (Fsp3) is 0.423. The highest BCUT2D eigenvalue weighted by Gasteiger charge is 2.35. The zero-order chi connectivity index (χ0) is 23.6. The molecule has 2 aromatic rings. The van der Waals surface area contributed by atoms with Gasteiger partial charge in [-0.25, -0.2) is 0 Å². The fourth-order valence-corrected chi connectivity index (χ4v) is 4.85. The molecule has 1 N–H and O–H groups in total. The molecule has 0 atom stereocenters. The van der Waals surface area contributed by atoms with Crippen molar-refractivity contribution in [3.05, 3.63) is 64.7 Å². The molecule has 1 saturated carbocycles. The molecule has 0 aromatic heterocycles. The Morgan fingerprint density at radius 2 is 1.74 bits per heavy atom. The molecule has 4 rings (SSSR count). The van der Waals surface area contributed by atoms with Crippen LogP contribution in [0.25, 0.3) is 6.08 Å². The number of hydrogen-bond donors (Lipinski definition) is 1. The van der Waals surface area contributed by atoms with Gasteiger partial charge < -0.3 is 38.5 Å². The lowest BCUT2D eigenvalue weighted by Gasteiger charge is -2.40. The molecule has 34 heavy (non-hydrogen) atoms. The van der Waals surface area contributed by atoms with Crippen LogP contribution in [0.15, 0.2) is 48.0 Å². The largest absolute Gasteiger partial charge is 1.00 e. The molecule has 2 aliphatic rings. The van der Waals surface area contributed by atoms with Crippen molar-refractivity contribution in [2.45, 2.75) is 50.9 Å². The third-order valence-electron chi connectivity index (χ3n) is 6.73. The molecule has 1 aliphatic heterocycles. The maximum absolute atomic E-state index is 13.3. The van der Waals surface area contributed by atoms with Crippen LogP contribution in [0.2, 0.25) is 0 Å². The molecule has 1 aliphatic carbocycles. The van der Waals surface area contributed by atoms with Crippen LogP contribution in [0, 0.1) is 0 Å². The SMILES string of the molecule is C[N+](C)(Cc1ccc(NC(=O)C2=Cc3c(cccc3C(F)(F)F)OC2)cc1)C1CCCCC1.[I-]. The fourth-order valence-electron chi connectivity index (χ4n) is 4.85. The van der Waals surface area contributed by atoms with E-state index in [2.05, 4.69) is 19.4 Å². The lowest BCUT2D eigenvalue weighted by atomic mass is 9.92. The highest BCUT2D eigenvalue weighted by Crippen LogP contribution is 2.39. The van der Waals surface area contributed by atoms with Crippen LogP contribution in [-0.4, -0.2) is 37.1 Å². The summed E-state index contributed by atoms with van der Waals surface area (Å²) in [4.78, 5) is 12.7. The number of carbonyl (C=O) groups excluding carboxylic acids is 1. The van der Waals surface area contributed by atoms with Crippen LogP contribution < -0.4 is 34.0 Å². The van der Waals surface area contributed by atoms with Crippen molar-refractivity contribution < 1.29 is 51.2 Å². The Labute approximate surface area is 215 Å². The van der Waals surface area contributed by atoms with Gasteiger partial charge in [-0.2, -0.15) is 13.2 Å². The van der Waals surface area contributed by atoms with Crippen LogP contribution in [0.4, 0.5) is 18.9 Å². The van der Waals surface area contributed by atoms with Gasteiger partial charge in [-0.05, 0) is 56.0 Å². The van der Waals surface area contributed by atoms with Crippen LogP contribution in [0.3, 0.4) is 0 Å². The summed E-state index contributed by atoms with van der Waals surface area (Å²) in [7, 11) is 4.54. The Balaban J connectivity index is 0.00000324. The minimum Gasteiger partial charge on any atom is -1.00 e. The molecule has 184 valence electrons. The topological polar surface area (TPSA) is 38.3 Å². The first-order chi connectivity index (χ1) is 15.6. The predicted molar refractivity (Wildman–Crippen MR) is 123 cm³/mol. The molecule has 4 nitrogen and oxygen atoms in total. The number of hydrogen-bond acceptors (Lipinski definition) is 2. The van der Waals surface area contributed by atoms with Gasteiger partial charge in [-0.3, -0.25) is 4.79 Å². The molecule has 0 saturated heterocycles. The highest BCUT2D eigenvalue weighted by atomic mass is 127. The summed E-state index contributed by atoms with van der Waals surface area (Å²) in [5, 5.41) is 2.78. The van der Waals surface area contributed by atoms with E-state index in [-0.39, 0.29) is 47.5 Å². The van der Waals surface area contributed by atoms with Crippen molar-refractivity contribution in [2.24, 2.45) is 0 Å². The van der Waals surface area contributed by atoms with Crippen LogP contribution in [-0.2, 0) is 17.5 Å². The number of fused-ring (bicyclic) bond motifs is 1. The average molecular weight is 586 g/mol. The Morgan fingerprint density at radius 3 is 2.38 bits per heavy atom. The first-order valence-corrected chi connectivity index (χ1v) is 11.4. The third-order valence-corrected chi connectivity index (χ3v) is 6.73.